The third kappa shape index (κ3) is 3.88. The summed E-state index contributed by atoms with van der Waals surface area (Å²) in [5.41, 5.74) is 2.20. The van der Waals surface area contributed by atoms with Crippen LogP contribution >= 0.6 is 11.6 Å². The van der Waals surface area contributed by atoms with E-state index in [1.807, 2.05) is 18.2 Å². The third-order valence-electron chi connectivity index (χ3n) is 2.58. The molecule has 4 heteroatoms. The van der Waals surface area contributed by atoms with Gasteiger partial charge in [-0.3, -0.25) is 0 Å². The molecule has 1 N–H and O–H groups in total. The maximum atomic E-state index is 5.84. The quantitative estimate of drug-likeness (QED) is 0.886. The molecule has 0 radical (unpaired) electrons. The van der Waals surface area contributed by atoms with Gasteiger partial charge in [-0.25, -0.2) is 0 Å². The molecule has 0 aliphatic heterocycles. The second-order valence-corrected chi connectivity index (χ2v) is 4.54. The summed E-state index contributed by atoms with van der Waals surface area (Å²) in [5.74, 6) is 0. The molecule has 0 fully saturated rings. The molecular weight excluding hydrogens is 236 g/mol. The van der Waals surface area contributed by atoms with Gasteiger partial charge in [0.25, 0.3) is 0 Å². The topological polar surface area (TPSA) is 38.1 Å². The maximum Gasteiger partial charge on any atom is 0.124 e. The van der Waals surface area contributed by atoms with Crippen LogP contribution in [0.4, 0.5) is 0 Å². The number of hydrogen-bond acceptors (Lipinski definition) is 3. The second kappa shape index (κ2) is 5.84. The molecule has 1 aromatic heterocycles. The van der Waals surface area contributed by atoms with Gasteiger partial charge < -0.3 is 9.84 Å². The summed E-state index contributed by atoms with van der Waals surface area (Å²) in [7, 11) is 0. The van der Waals surface area contributed by atoms with Crippen molar-refractivity contribution < 1.29 is 4.52 Å². The molecule has 1 atom stereocenters. The fraction of sp³-hybridized carbons (Fsp3) is 0.308. The van der Waals surface area contributed by atoms with Crippen molar-refractivity contribution in [2.45, 2.75) is 25.9 Å². The molecule has 1 aromatic carbocycles. The number of nitrogens with zero attached hydrogens (tertiary/aromatic N) is 1. The second-order valence-electron chi connectivity index (χ2n) is 4.10. The summed E-state index contributed by atoms with van der Waals surface area (Å²) in [4.78, 5) is 0. The lowest BCUT2D eigenvalue weighted by molar-refractivity contribution is 0.405. The van der Waals surface area contributed by atoms with E-state index >= 15 is 0 Å². The van der Waals surface area contributed by atoms with Gasteiger partial charge in [-0.2, -0.15) is 0 Å². The first-order valence-electron chi connectivity index (χ1n) is 5.61. The summed E-state index contributed by atoms with van der Waals surface area (Å²) in [6, 6.07) is 10.2. The zero-order valence-corrected chi connectivity index (χ0v) is 10.4. The van der Waals surface area contributed by atoms with Crippen LogP contribution in [0.5, 0.6) is 0 Å². The van der Waals surface area contributed by atoms with Gasteiger partial charge in [0.15, 0.2) is 0 Å². The molecular formula is C13H15ClN2O. The molecule has 0 amide bonds. The number of rotatable bonds is 5. The van der Waals surface area contributed by atoms with Crippen molar-refractivity contribution in [1.82, 2.24) is 10.5 Å². The number of halogens is 1. The van der Waals surface area contributed by atoms with Crippen LogP contribution in [0, 0.1) is 0 Å². The lowest BCUT2D eigenvalue weighted by Crippen LogP contribution is -2.27. The number of nitrogens with one attached hydrogen (secondary N) is 1. The molecule has 3 nitrogen and oxygen atoms in total. The van der Waals surface area contributed by atoms with Crippen LogP contribution < -0.4 is 5.32 Å². The molecule has 0 aliphatic rings. The Labute approximate surface area is 106 Å². The highest BCUT2D eigenvalue weighted by atomic mass is 35.5. The maximum absolute atomic E-state index is 5.84. The van der Waals surface area contributed by atoms with E-state index in [2.05, 4.69) is 29.5 Å². The fourth-order valence-electron chi connectivity index (χ4n) is 1.65. The highest BCUT2D eigenvalue weighted by molar-refractivity contribution is 6.30. The Kier molecular flexibility index (Phi) is 4.18. The summed E-state index contributed by atoms with van der Waals surface area (Å²) in [6.07, 6.45) is 2.55. The van der Waals surface area contributed by atoms with Gasteiger partial charge in [-0.15, -0.1) is 0 Å². The third-order valence-corrected chi connectivity index (χ3v) is 2.83. The van der Waals surface area contributed by atoms with E-state index in [1.165, 1.54) is 5.56 Å². The first-order chi connectivity index (χ1) is 8.24. The Morgan fingerprint density at radius 3 is 2.71 bits per heavy atom. The van der Waals surface area contributed by atoms with Crippen LogP contribution in [-0.2, 0) is 13.0 Å². The summed E-state index contributed by atoms with van der Waals surface area (Å²) in [6.45, 7) is 2.87. The number of hydrogen-bond donors (Lipinski definition) is 1. The molecule has 0 spiro atoms. The van der Waals surface area contributed by atoms with E-state index < -0.39 is 0 Å². The summed E-state index contributed by atoms with van der Waals surface area (Å²) in [5, 5.41) is 8.02. The normalized spacial score (nSPS) is 12.6. The van der Waals surface area contributed by atoms with Gasteiger partial charge in [0.2, 0.25) is 0 Å². The standard InChI is InChI=1S/C13H15ClN2O/c1-10(15-9-13-6-7-17-16-13)8-11-2-4-12(14)5-3-11/h2-7,10,15H,8-9H2,1H3. The number of benzene rings is 1. The first kappa shape index (κ1) is 12.1. The Morgan fingerprint density at radius 2 is 2.06 bits per heavy atom. The molecule has 0 saturated heterocycles. The van der Waals surface area contributed by atoms with Crippen LogP contribution in [0.25, 0.3) is 0 Å². The largest absolute Gasteiger partial charge is 0.364 e. The van der Waals surface area contributed by atoms with Gasteiger partial charge in [-0.05, 0) is 31.0 Å². The van der Waals surface area contributed by atoms with E-state index in [1.54, 1.807) is 6.26 Å². The van der Waals surface area contributed by atoms with E-state index in [9.17, 15) is 0 Å². The average Bonchev–Trinajstić information content (AvgIpc) is 2.83. The molecule has 0 aliphatic carbocycles. The molecule has 1 unspecified atom stereocenters. The van der Waals surface area contributed by atoms with Crippen LogP contribution in [0.1, 0.15) is 18.2 Å². The van der Waals surface area contributed by atoms with Crippen molar-refractivity contribution >= 4 is 11.6 Å². The predicted octanol–water partition coefficient (Wildman–Crippen LogP) is 3.05. The highest BCUT2D eigenvalue weighted by Gasteiger charge is 2.04. The molecule has 2 aromatic rings. The molecule has 1 heterocycles. The van der Waals surface area contributed by atoms with E-state index in [-0.39, 0.29) is 0 Å². The van der Waals surface area contributed by atoms with Crippen molar-refractivity contribution in [1.29, 1.82) is 0 Å². The Hall–Kier alpha value is -1.32. The SMILES string of the molecule is CC(Cc1ccc(Cl)cc1)NCc1ccon1. The Bertz CT molecular complexity index is 439. The van der Waals surface area contributed by atoms with Crippen molar-refractivity contribution in [3.63, 3.8) is 0 Å². The van der Waals surface area contributed by atoms with Crippen molar-refractivity contribution in [2.75, 3.05) is 0 Å². The van der Waals surface area contributed by atoms with Crippen LogP contribution in [0.2, 0.25) is 5.02 Å². The van der Waals surface area contributed by atoms with Gasteiger partial charge in [0.1, 0.15) is 6.26 Å². The van der Waals surface area contributed by atoms with Gasteiger partial charge in [-0.1, -0.05) is 28.9 Å². The molecule has 90 valence electrons. The zero-order valence-electron chi connectivity index (χ0n) is 9.69. The van der Waals surface area contributed by atoms with E-state index in [0.29, 0.717) is 6.04 Å². The molecule has 17 heavy (non-hydrogen) atoms. The first-order valence-corrected chi connectivity index (χ1v) is 5.99. The zero-order chi connectivity index (χ0) is 12.1. The number of aromatic nitrogens is 1. The minimum atomic E-state index is 0.382. The minimum Gasteiger partial charge on any atom is -0.364 e. The molecule has 2 rings (SSSR count). The van der Waals surface area contributed by atoms with Gasteiger partial charge in [0, 0.05) is 23.7 Å². The van der Waals surface area contributed by atoms with Crippen molar-refractivity contribution in [3.8, 4) is 0 Å². The lowest BCUT2D eigenvalue weighted by atomic mass is 10.1. The molecule has 0 saturated carbocycles. The minimum absolute atomic E-state index is 0.382. The fourth-order valence-corrected chi connectivity index (χ4v) is 1.78. The lowest BCUT2D eigenvalue weighted by Gasteiger charge is -2.12. The Balaban J connectivity index is 1.80. The summed E-state index contributed by atoms with van der Waals surface area (Å²) < 4.78 is 4.77. The van der Waals surface area contributed by atoms with E-state index in [4.69, 9.17) is 16.1 Å². The van der Waals surface area contributed by atoms with Crippen molar-refractivity contribution in [3.05, 3.63) is 52.9 Å². The predicted molar refractivity (Wildman–Crippen MR) is 68.0 cm³/mol. The molecule has 0 bridgehead atoms. The monoisotopic (exact) mass is 250 g/mol. The van der Waals surface area contributed by atoms with Crippen LogP contribution in [-0.4, -0.2) is 11.2 Å². The van der Waals surface area contributed by atoms with Crippen LogP contribution in [0.3, 0.4) is 0 Å². The Morgan fingerprint density at radius 1 is 1.29 bits per heavy atom. The van der Waals surface area contributed by atoms with Gasteiger partial charge >= 0.3 is 0 Å². The average molecular weight is 251 g/mol. The van der Waals surface area contributed by atoms with E-state index in [0.717, 1.165) is 23.7 Å². The summed E-state index contributed by atoms with van der Waals surface area (Å²) >= 11 is 5.84. The van der Waals surface area contributed by atoms with Crippen LogP contribution in [0.15, 0.2) is 41.1 Å². The smallest absolute Gasteiger partial charge is 0.124 e. The highest BCUT2D eigenvalue weighted by Crippen LogP contribution is 2.11. The van der Waals surface area contributed by atoms with Crippen molar-refractivity contribution in [2.24, 2.45) is 0 Å². The van der Waals surface area contributed by atoms with Gasteiger partial charge in [0.05, 0.1) is 5.69 Å².